The number of hydrogen-bond acceptors (Lipinski definition) is 3. The van der Waals surface area contributed by atoms with E-state index >= 15 is 0 Å². The Morgan fingerprint density at radius 3 is 2.45 bits per heavy atom. The van der Waals surface area contributed by atoms with Crippen molar-refractivity contribution in [2.24, 2.45) is 0 Å². The van der Waals surface area contributed by atoms with Crippen molar-refractivity contribution < 1.29 is 9.18 Å². The lowest BCUT2D eigenvalue weighted by molar-refractivity contribution is -0.122. The van der Waals surface area contributed by atoms with Crippen LogP contribution in [0, 0.1) is 5.82 Å². The first kappa shape index (κ1) is 15.4. The molecular weight excluding hydrogens is 281 g/mol. The maximum Gasteiger partial charge on any atom is 0.234 e. The maximum absolute atomic E-state index is 12.8. The van der Waals surface area contributed by atoms with Gasteiger partial charge in [0.2, 0.25) is 5.91 Å². The van der Waals surface area contributed by atoms with E-state index in [1.807, 2.05) is 0 Å². The predicted molar refractivity (Wildman–Crippen MR) is 84.1 cm³/mol. The van der Waals surface area contributed by atoms with Crippen molar-refractivity contribution >= 4 is 5.91 Å². The number of benzene rings is 1. The number of hydrogen-bond donors (Lipinski definition) is 1. The Bertz CT molecular complexity index is 493. The molecule has 2 fully saturated rings. The van der Waals surface area contributed by atoms with Crippen molar-refractivity contribution in [3.8, 4) is 0 Å². The van der Waals surface area contributed by atoms with E-state index in [4.69, 9.17) is 0 Å². The average Bonchev–Trinajstić information content (AvgIpc) is 3.35. The number of halogens is 1. The van der Waals surface area contributed by atoms with Gasteiger partial charge in [-0.05, 0) is 37.0 Å². The largest absolute Gasteiger partial charge is 0.355 e. The molecule has 1 aromatic rings. The quantitative estimate of drug-likeness (QED) is 0.859. The normalized spacial score (nSPS) is 20.0. The first-order chi connectivity index (χ1) is 10.7. The van der Waals surface area contributed by atoms with Crippen molar-refractivity contribution in [2.45, 2.75) is 25.3 Å². The van der Waals surface area contributed by atoms with Gasteiger partial charge in [-0.25, -0.2) is 4.39 Å². The summed E-state index contributed by atoms with van der Waals surface area (Å²) in [5, 5.41) is 2.95. The van der Waals surface area contributed by atoms with E-state index < -0.39 is 0 Å². The topological polar surface area (TPSA) is 35.6 Å². The minimum atomic E-state index is -0.224. The Labute approximate surface area is 131 Å². The Kier molecular flexibility index (Phi) is 5.05. The van der Waals surface area contributed by atoms with Gasteiger partial charge in [0, 0.05) is 38.8 Å². The second kappa shape index (κ2) is 7.20. The molecule has 1 saturated heterocycles. The van der Waals surface area contributed by atoms with Crippen LogP contribution in [0.4, 0.5) is 4.39 Å². The third kappa shape index (κ3) is 4.52. The molecule has 0 unspecified atom stereocenters. The average molecular weight is 305 g/mol. The van der Waals surface area contributed by atoms with E-state index in [2.05, 4.69) is 15.1 Å². The molecule has 4 nitrogen and oxygen atoms in total. The van der Waals surface area contributed by atoms with Crippen molar-refractivity contribution in [1.29, 1.82) is 0 Å². The van der Waals surface area contributed by atoms with Crippen LogP contribution in [0.1, 0.15) is 18.4 Å². The fourth-order valence-electron chi connectivity index (χ4n) is 2.98. The van der Waals surface area contributed by atoms with Crippen LogP contribution in [0.5, 0.6) is 0 Å². The van der Waals surface area contributed by atoms with Gasteiger partial charge in [-0.1, -0.05) is 12.1 Å². The van der Waals surface area contributed by atoms with Crippen LogP contribution in [0.2, 0.25) is 0 Å². The summed E-state index contributed by atoms with van der Waals surface area (Å²) in [6.45, 7) is 5.25. The number of piperazine rings is 1. The molecule has 1 saturated carbocycles. The molecule has 22 heavy (non-hydrogen) atoms. The number of carbonyl (C=O) groups is 1. The summed E-state index contributed by atoms with van der Waals surface area (Å²) in [7, 11) is 0. The molecule has 1 heterocycles. The van der Waals surface area contributed by atoms with Gasteiger partial charge in [0.15, 0.2) is 0 Å². The van der Waals surface area contributed by atoms with Crippen LogP contribution in [0.3, 0.4) is 0 Å². The smallest absolute Gasteiger partial charge is 0.234 e. The third-order valence-electron chi connectivity index (χ3n) is 4.49. The number of nitrogens with zero attached hydrogens (tertiary/aromatic N) is 2. The molecule has 0 bridgehead atoms. The summed E-state index contributed by atoms with van der Waals surface area (Å²) >= 11 is 0. The van der Waals surface area contributed by atoms with Gasteiger partial charge in [-0.3, -0.25) is 14.6 Å². The van der Waals surface area contributed by atoms with Gasteiger partial charge in [-0.2, -0.15) is 0 Å². The monoisotopic (exact) mass is 305 g/mol. The lowest BCUT2D eigenvalue weighted by Gasteiger charge is -2.34. The molecule has 0 aromatic heterocycles. The number of rotatable bonds is 6. The van der Waals surface area contributed by atoms with Gasteiger partial charge in [-0.15, -0.1) is 0 Å². The summed E-state index contributed by atoms with van der Waals surface area (Å²) in [6.07, 6.45) is 3.44. The van der Waals surface area contributed by atoms with Crippen molar-refractivity contribution in [3.63, 3.8) is 0 Å². The Balaban J connectivity index is 1.31. The van der Waals surface area contributed by atoms with Gasteiger partial charge >= 0.3 is 0 Å². The fraction of sp³-hybridized carbons (Fsp3) is 0.588. The van der Waals surface area contributed by atoms with E-state index in [0.29, 0.717) is 13.1 Å². The molecular formula is C17H24FN3O. The zero-order valence-electron chi connectivity index (χ0n) is 12.9. The first-order valence-electron chi connectivity index (χ1n) is 8.18. The SMILES string of the molecule is O=C(CN1CCN(C2CC2)CC1)NCCc1ccc(F)cc1. The third-order valence-corrected chi connectivity index (χ3v) is 4.49. The highest BCUT2D eigenvalue weighted by molar-refractivity contribution is 5.78. The minimum Gasteiger partial charge on any atom is -0.355 e. The van der Waals surface area contributed by atoms with Crippen molar-refractivity contribution in [1.82, 2.24) is 15.1 Å². The molecule has 1 N–H and O–H groups in total. The van der Waals surface area contributed by atoms with E-state index in [0.717, 1.165) is 44.2 Å². The van der Waals surface area contributed by atoms with Gasteiger partial charge in [0.05, 0.1) is 6.54 Å². The molecule has 0 atom stereocenters. The van der Waals surface area contributed by atoms with Crippen LogP contribution in [0.25, 0.3) is 0 Å². The fourth-order valence-corrected chi connectivity index (χ4v) is 2.98. The zero-order valence-corrected chi connectivity index (χ0v) is 12.9. The number of nitrogens with one attached hydrogen (secondary N) is 1. The van der Waals surface area contributed by atoms with Crippen LogP contribution in [-0.4, -0.2) is 61.0 Å². The summed E-state index contributed by atoms with van der Waals surface area (Å²) < 4.78 is 12.8. The lowest BCUT2D eigenvalue weighted by atomic mass is 10.1. The Morgan fingerprint density at radius 1 is 1.14 bits per heavy atom. The van der Waals surface area contributed by atoms with Crippen LogP contribution < -0.4 is 5.32 Å². The molecule has 3 rings (SSSR count). The Morgan fingerprint density at radius 2 is 1.82 bits per heavy atom. The highest BCUT2D eigenvalue weighted by Gasteiger charge is 2.31. The lowest BCUT2D eigenvalue weighted by Crippen LogP contribution is -2.50. The van der Waals surface area contributed by atoms with Crippen molar-refractivity contribution in [3.05, 3.63) is 35.6 Å². The first-order valence-corrected chi connectivity index (χ1v) is 8.18. The molecule has 1 amide bonds. The summed E-state index contributed by atoms with van der Waals surface area (Å²) in [5.74, 6) is -0.139. The maximum atomic E-state index is 12.8. The highest BCUT2D eigenvalue weighted by Crippen LogP contribution is 2.27. The van der Waals surface area contributed by atoms with Gasteiger partial charge < -0.3 is 5.32 Å². The number of amides is 1. The van der Waals surface area contributed by atoms with Crippen molar-refractivity contribution in [2.75, 3.05) is 39.3 Å². The molecule has 0 spiro atoms. The molecule has 5 heteroatoms. The highest BCUT2D eigenvalue weighted by atomic mass is 19.1. The van der Waals surface area contributed by atoms with E-state index in [1.165, 1.54) is 25.0 Å². The molecule has 0 radical (unpaired) electrons. The summed E-state index contributed by atoms with van der Waals surface area (Å²) in [5.41, 5.74) is 1.04. The standard InChI is InChI=1S/C17H24FN3O/c18-15-3-1-14(2-4-15)7-8-19-17(22)13-20-9-11-21(12-10-20)16-5-6-16/h1-4,16H,5-13H2,(H,19,22). The van der Waals surface area contributed by atoms with E-state index in [-0.39, 0.29) is 11.7 Å². The van der Waals surface area contributed by atoms with E-state index in [9.17, 15) is 9.18 Å². The van der Waals surface area contributed by atoms with Crippen LogP contribution in [0.15, 0.2) is 24.3 Å². The second-order valence-electron chi connectivity index (χ2n) is 6.27. The molecule has 1 aliphatic carbocycles. The van der Waals surface area contributed by atoms with Crippen LogP contribution in [-0.2, 0) is 11.2 Å². The minimum absolute atomic E-state index is 0.0852. The predicted octanol–water partition coefficient (Wildman–Crippen LogP) is 1.26. The number of carbonyl (C=O) groups excluding carboxylic acids is 1. The second-order valence-corrected chi connectivity index (χ2v) is 6.27. The van der Waals surface area contributed by atoms with Crippen LogP contribution >= 0.6 is 0 Å². The molecule has 1 aliphatic heterocycles. The van der Waals surface area contributed by atoms with Gasteiger partial charge in [0.1, 0.15) is 5.82 Å². The molecule has 2 aliphatic rings. The summed E-state index contributed by atoms with van der Waals surface area (Å²) in [6, 6.07) is 7.26. The van der Waals surface area contributed by atoms with E-state index in [1.54, 1.807) is 12.1 Å². The Hall–Kier alpha value is -1.46. The van der Waals surface area contributed by atoms with Gasteiger partial charge in [0.25, 0.3) is 0 Å². The molecule has 120 valence electrons. The zero-order chi connectivity index (χ0) is 15.4. The summed E-state index contributed by atoms with van der Waals surface area (Å²) in [4.78, 5) is 16.7. The molecule has 1 aromatic carbocycles.